The molecule has 0 saturated heterocycles. The second-order valence-electron chi connectivity index (χ2n) is 4.37. The minimum atomic E-state index is -0.122. The molecule has 0 aromatic carbocycles. The van der Waals surface area contributed by atoms with Crippen molar-refractivity contribution in [3.8, 4) is 0 Å². The number of hydrogen-bond acceptors (Lipinski definition) is 7. The maximum Gasteiger partial charge on any atom is 0.267 e. The van der Waals surface area contributed by atoms with Crippen LogP contribution in [0.1, 0.15) is 22.3 Å². The summed E-state index contributed by atoms with van der Waals surface area (Å²) in [6.07, 6.45) is 0. The van der Waals surface area contributed by atoms with Gasteiger partial charge in [0.1, 0.15) is 10.7 Å². The molecule has 0 aliphatic heterocycles. The second-order valence-corrected chi connectivity index (χ2v) is 6.06. The molecule has 6 nitrogen and oxygen atoms in total. The van der Waals surface area contributed by atoms with Gasteiger partial charge in [-0.3, -0.25) is 4.79 Å². The highest BCUT2D eigenvalue weighted by Crippen LogP contribution is 2.28. The molecule has 1 amide bonds. The minimum absolute atomic E-state index is 0.122. The number of nitrogens with two attached hydrogens (primary N) is 1. The van der Waals surface area contributed by atoms with Gasteiger partial charge in [-0.15, -0.1) is 11.3 Å². The third-order valence-electron chi connectivity index (χ3n) is 2.87. The summed E-state index contributed by atoms with van der Waals surface area (Å²) in [6.45, 7) is 3.31. The van der Waals surface area contributed by atoms with Crippen molar-refractivity contribution in [2.24, 2.45) is 0 Å². The summed E-state index contributed by atoms with van der Waals surface area (Å²) in [5.74, 6) is 0.171. The molecular formula is C12H17N5OS2. The van der Waals surface area contributed by atoms with E-state index in [2.05, 4.69) is 9.97 Å². The van der Waals surface area contributed by atoms with Crippen LogP contribution in [0.2, 0.25) is 0 Å². The molecule has 2 aromatic rings. The Hall–Kier alpha value is -1.67. The first-order valence-corrected chi connectivity index (χ1v) is 7.88. The third kappa shape index (κ3) is 3.07. The molecule has 0 aliphatic rings. The van der Waals surface area contributed by atoms with Gasteiger partial charge in [0.05, 0.1) is 17.7 Å². The SMILES string of the molecule is CCN(C)c1nc(N)c(C(=O)N(C)Cc2cscn2)s1. The van der Waals surface area contributed by atoms with Crippen LogP contribution in [0.25, 0.3) is 0 Å². The number of amides is 1. The Balaban J connectivity index is 2.14. The van der Waals surface area contributed by atoms with Crippen molar-refractivity contribution < 1.29 is 4.79 Å². The minimum Gasteiger partial charge on any atom is -0.382 e. The van der Waals surface area contributed by atoms with Crippen molar-refractivity contribution in [2.75, 3.05) is 31.3 Å². The zero-order chi connectivity index (χ0) is 14.7. The Morgan fingerprint density at radius 3 is 2.80 bits per heavy atom. The summed E-state index contributed by atoms with van der Waals surface area (Å²) in [4.78, 5) is 24.9. The Bertz CT molecular complexity index is 581. The van der Waals surface area contributed by atoms with Gasteiger partial charge in [-0.2, -0.15) is 0 Å². The summed E-state index contributed by atoms with van der Waals surface area (Å²) >= 11 is 2.84. The normalized spacial score (nSPS) is 10.6. The quantitative estimate of drug-likeness (QED) is 0.913. The van der Waals surface area contributed by atoms with Crippen molar-refractivity contribution in [2.45, 2.75) is 13.5 Å². The molecule has 0 radical (unpaired) electrons. The van der Waals surface area contributed by atoms with E-state index >= 15 is 0 Å². The van der Waals surface area contributed by atoms with E-state index in [4.69, 9.17) is 5.73 Å². The molecule has 2 heterocycles. The third-order valence-corrected chi connectivity index (χ3v) is 4.68. The van der Waals surface area contributed by atoms with Crippen molar-refractivity contribution in [1.29, 1.82) is 0 Å². The van der Waals surface area contributed by atoms with Gasteiger partial charge < -0.3 is 15.5 Å². The fourth-order valence-electron chi connectivity index (χ4n) is 1.58. The lowest BCUT2D eigenvalue weighted by atomic mass is 10.4. The number of carbonyl (C=O) groups excluding carboxylic acids is 1. The Kier molecular flexibility index (Phi) is 4.56. The number of nitrogen functional groups attached to an aromatic ring is 1. The number of rotatable bonds is 5. The van der Waals surface area contributed by atoms with Crippen molar-refractivity contribution in [1.82, 2.24) is 14.9 Å². The molecule has 2 N–H and O–H groups in total. The smallest absolute Gasteiger partial charge is 0.267 e. The summed E-state index contributed by atoms with van der Waals surface area (Å²) in [5.41, 5.74) is 8.49. The lowest BCUT2D eigenvalue weighted by molar-refractivity contribution is 0.0789. The number of carbonyl (C=O) groups is 1. The molecule has 0 fully saturated rings. The largest absolute Gasteiger partial charge is 0.382 e. The number of anilines is 2. The van der Waals surface area contributed by atoms with Crippen LogP contribution in [-0.2, 0) is 6.54 Å². The van der Waals surface area contributed by atoms with Gasteiger partial charge >= 0.3 is 0 Å². The maximum absolute atomic E-state index is 12.4. The highest BCUT2D eigenvalue weighted by molar-refractivity contribution is 7.18. The zero-order valence-corrected chi connectivity index (χ0v) is 13.3. The average molecular weight is 311 g/mol. The molecule has 108 valence electrons. The fraction of sp³-hybridized carbons (Fsp3) is 0.417. The zero-order valence-electron chi connectivity index (χ0n) is 11.7. The van der Waals surface area contributed by atoms with Crippen LogP contribution in [0, 0.1) is 0 Å². The first-order chi connectivity index (χ1) is 9.52. The van der Waals surface area contributed by atoms with E-state index in [0.717, 1.165) is 17.4 Å². The van der Waals surface area contributed by atoms with Gasteiger partial charge in [-0.25, -0.2) is 9.97 Å². The monoisotopic (exact) mass is 311 g/mol. The van der Waals surface area contributed by atoms with Crippen LogP contribution in [-0.4, -0.2) is 41.4 Å². The standard InChI is InChI=1S/C12H17N5OS2/c1-4-16(2)12-15-10(13)9(20-12)11(18)17(3)5-8-6-19-7-14-8/h6-7H,4-5,13H2,1-3H3. The molecule has 2 aromatic heterocycles. The number of nitrogens with zero attached hydrogens (tertiary/aromatic N) is 4. The molecule has 0 bridgehead atoms. The highest BCUT2D eigenvalue weighted by atomic mass is 32.1. The van der Waals surface area contributed by atoms with E-state index in [0.29, 0.717) is 17.2 Å². The molecule has 0 spiro atoms. The maximum atomic E-state index is 12.4. The van der Waals surface area contributed by atoms with E-state index in [1.807, 2.05) is 24.3 Å². The predicted molar refractivity (Wildman–Crippen MR) is 83.4 cm³/mol. The predicted octanol–water partition coefficient (Wildman–Crippen LogP) is 1.91. The number of thiazole rings is 2. The summed E-state index contributed by atoms with van der Waals surface area (Å²) in [7, 11) is 3.66. The summed E-state index contributed by atoms with van der Waals surface area (Å²) in [5, 5.41) is 2.69. The Morgan fingerprint density at radius 2 is 2.20 bits per heavy atom. The summed E-state index contributed by atoms with van der Waals surface area (Å²) < 4.78 is 0. The van der Waals surface area contributed by atoms with Gasteiger partial charge in [0.2, 0.25) is 0 Å². The van der Waals surface area contributed by atoms with Gasteiger partial charge in [-0.1, -0.05) is 11.3 Å². The van der Waals surface area contributed by atoms with Crippen molar-refractivity contribution >= 4 is 39.5 Å². The second kappa shape index (κ2) is 6.19. The van der Waals surface area contributed by atoms with E-state index in [9.17, 15) is 4.79 Å². The summed E-state index contributed by atoms with van der Waals surface area (Å²) in [6, 6.07) is 0. The van der Waals surface area contributed by atoms with E-state index in [1.54, 1.807) is 17.5 Å². The molecule has 20 heavy (non-hydrogen) atoms. The van der Waals surface area contributed by atoms with Gasteiger partial charge in [-0.05, 0) is 6.92 Å². The van der Waals surface area contributed by atoms with Crippen LogP contribution in [0.5, 0.6) is 0 Å². The molecule has 8 heteroatoms. The lowest BCUT2D eigenvalue weighted by Crippen LogP contribution is -2.26. The lowest BCUT2D eigenvalue weighted by Gasteiger charge is -2.15. The Labute approximate surface area is 125 Å². The van der Waals surface area contributed by atoms with Crippen molar-refractivity contribution in [3.05, 3.63) is 21.5 Å². The fourth-order valence-corrected chi connectivity index (χ4v) is 3.13. The number of aromatic nitrogens is 2. The van der Waals surface area contributed by atoms with Gasteiger partial charge in [0.25, 0.3) is 5.91 Å². The van der Waals surface area contributed by atoms with Crippen LogP contribution < -0.4 is 10.6 Å². The molecule has 0 atom stereocenters. The van der Waals surface area contributed by atoms with Crippen LogP contribution in [0.4, 0.5) is 10.9 Å². The molecule has 0 unspecified atom stereocenters. The highest BCUT2D eigenvalue weighted by Gasteiger charge is 2.21. The Morgan fingerprint density at radius 1 is 1.45 bits per heavy atom. The molecule has 0 saturated carbocycles. The topological polar surface area (TPSA) is 75.4 Å². The number of hydrogen-bond donors (Lipinski definition) is 1. The van der Waals surface area contributed by atoms with Crippen molar-refractivity contribution in [3.63, 3.8) is 0 Å². The first-order valence-electron chi connectivity index (χ1n) is 6.12. The van der Waals surface area contributed by atoms with Gasteiger partial charge in [0, 0.05) is 26.0 Å². The van der Waals surface area contributed by atoms with Crippen LogP contribution >= 0.6 is 22.7 Å². The van der Waals surface area contributed by atoms with Gasteiger partial charge in [0.15, 0.2) is 5.13 Å². The van der Waals surface area contributed by atoms with Crippen LogP contribution in [0.15, 0.2) is 10.9 Å². The molecule has 2 rings (SSSR count). The molecule has 0 aliphatic carbocycles. The van der Waals surface area contributed by atoms with E-state index in [1.165, 1.54) is 22.7 Å². The molecular weight excluding hydrogens is 294 g/mol. The first kappa shape index (κ1) is 14.7. The van der Waals surface area contributed by atoms with E-state index < -0.39 is 0 Å². The van der Waals surface area contributed by atoms with Crippen LogP contribution in [0.3, 0.4) is 0 Å². The average Bonchev–Trinajstić information content (AvgIpc) is 3.06. The van der Waals surface area contributed by atoms with E-state index in [-0.39, 0.29) is 5.91 Å².